The third-order valence-corrected chi connectivity index (χ3v) is 8.01. The van der Waals surface area contributed by atoms with Crippen molar-refractivity contribution in [1.82, 2.24) is 15.5 Å². The third kappa shape index (κ3) is 6.75. The molecule has 2 heterocycles. The number of nitrogens with zero attached hydrogens (tertiary/aromatic N) is 3. The zero-order chi connectivity index (χ0) is 30.4. The third-order valence-electron chi connectivity index (χ3n) is 6.29. The van der Waals surface area contributed by atoms with E-state index in [-0.39, 0.29) is 41.7 Å². The average molecular weight is 604 g/mol. The highest BCUT2D eigenvalue weighted by molar-refractivity contribution is 7.91. The van der Waals surface area contributed by atoms with Crippen molar-refractivity contribution >= 4 is 39.2 Å². The molecule has 0 aliphatic carbocycles. The maximum absolute atomic E-state index is 12.8. The molecule has 0 radical (unpaired) electrons. The topological polar surface area (TPSA) is 188 Å². The van der Waals surface area contributed by atoms with Crippen LogP contribution in [0.3, 0.4) is 0 Å². The number of aromatic nitrogens is 3. The lowest BCUT2D eigenvalue weighted by atomic mass is 9.80. The highest BCUT2D eigenvalue weighted by atomic mass is 32.2. The lowest BCUT2D eigenvalue weighted by Gasteiger charge is -2.11. The molecule has 0 saturated heterocycles. The molecule has 0 unspecified atom stereocenters. The van der Waals surface area contributed by atoms with Gasteiger partial charge in [-0.25, -0.2) is 13.4 Å². The van der Waals surface area contributed by atoms with Gasteiger partial charge in [0.15, 0.2) is 0 Å². The highest BCUT2D eigenvalue weighted by Crippen LogP contribution is 2.26. The van der Waals surface area contributed by atoms with Crippen LogP contribution in [0.2, 0.25) is 0 Å². The fourth-order valence-corrected chi connectivity index (χ4v) is 5.38. The van der Waals surface area contributed by atoms with E-state index in [1.54, 1.807) is 48.5 Å². The summed E-state index contributed by atoms with van der Waals surface area (Å²) in [7, 11) is -5.78. The number of nitrogens with one attached hydrogen (secondary N) is 1. The predicted molar refractivity (Wildman–Crippen MR) is 152 cm³/mol. The Bertz CT molecular complexity index is 1830. The molecule has 0 atom stereocenters. The molecule has 43 heavy (non-hydrogen) atoms. The lowest BCUT2D eigenvalue weighted by Crippen LogP contribution is -2.31. The molecule has 3 N–H and O–H groups in total. The molecular weight excluding hydrogens is 579 g/mol. The molecule has 0 bridgehead atoms. The molecule has 0 fully saturated rings. The normalized spacial score (nSPS) is 11.3. The van der Waals surface area contributed by atoms with Crippen LogP contribution in [0.15, 0.2) is 99.5 Å². The highest BCUT2D eigenvalue weighted by Gasteiger charge is 2.35. The molecule has 0 aliphatic rings. The first-order valence-electron chi connectivity index (χ1n) is 13.0. The van der Waals surface area contributed by atoms with Crippen LogP contribution < -0.4 is 25.2 Å². The number of hydrogen-bond donors (Lipinski definition) is 3. The van der Waals surface area contributed by atoms with Crippen molar-refractivity contribution in [3.63, 3.8) is 0 Å². The van der Waals surface area contributed by atoms with Crippen molar-refractivity contribution in [3.05, 3.63) is 101 Å². The zero-order valence-corrected chi connectivity index (χ0v) is 23.3. The van der Waals surface area contributed by atoms with Crippen molar-refractivity contribution in [3.8, 4) is 11.6 Å². The maximum atomic E-state index is 12.8. The number of benzene rings is 3. The summed E-state index contributed by atoms with van der Waals surface area (Å²) in [6.07, 6.45) is 0.260. The molecule has 0 saturated carbocycles. The minimum Gasteiger partial charge on any atom is -0.487 e. The van der Waals surface area contributed by atoms with Gasteiger partial charge in [-0.1, -0.05) is 60.7 Å². The Morgan fingerprint density at radius 1 is 0.977 bits per heavy atom. The van der Waals surface area contributed by atoms with Crippen LogP contribution in [0.25, 0.3) is 10.9 Å². The van der Waals surface area contributed by atoms with Gasteiger partial charge in [-0.2, -0.15) is 0 Å². The fourth-order valence-electron chi connectivity index (χ4n) is 4.08. The largest absolute Gasteiger partial charge is 0.488 e. The van der Waals surface area contributed by atoms with Crippen LogP contribution in [-0.4, -0.2) is 54.8 Å². The first-order valence-corrected chi connectivity index (χ1v) is 14.5. The minimum absolute atomic E-state index is 0.0640. The Balaban J connectivity index is 1.17. The summed E-state index contributed by atoms with van der Waals surface area (Å²) in [6.45, 7) is 0.294. The van der Waals surface area contributed by atoms with E-state index in [0.29, 0.717) is 16.7 Å². The van der Waals surface area contributed by atoms with Crippen LogP contribution in [0.5, 0.6) is 11.6 Å². The van der Waals surface area contributed by atoms with Gasteiger partial charge in [-0.15, -0.1) is 0 Å². The number of fused-ring (bicyclic) bond motifs is 1. The summed E-state index contributed by atoms with van der Waals surface area (Å²) in [4.78, 5) is 16.9. The van der Waals surface area contributed by atoms with Gasteiger partial charge in [0.25, 0.3) is 15.7 Å². The first-order chi connectivity index (χ1) is 20.7. The van der Waals surface area contributed by atoms with Crippen molar-refractivity contribution in [2.75, 3.05) is 13.2 Å². The number of sulfone groups is 1. The van der Waals surface area contributed by atoms with Crippen LogP contribution in [0.4, 0.5) is 0 Å². The van der Waals surface area contributed by atoms with Gasteiger partial charge < -0.3 is 30.0 Å². The smallest absolute Gasteiger partial charge is 0.487 e. The van der Waals surface area contributed by atoms with Gasteiger partial charge in [0.2, 0.25) is 0 Å². The summed E-state index contributed by atoms with van der Waals surface area (Å²) in [5, 5.41) is 36.7. The van der Waals surface area contributed by atoms with Crippen LogP contribution >= 0.6 is 0 Å². The lowest BCUT2D eigenvalue weighted by molar-refractivity contribution is -0.832. The first kappa shape index (κ1) is 29.5. The van der Waals surface area contributed by atoms with E-state index in [1.165, 1.54) is 24.3 Å². The van der Waals surface area contributed by atoms with E-state index < -0.39 is 33.8 Å². The number of pyridine rings is 1. The summed E-state index contributed by atoms with van der Waals surface area (Å²) < 4.78 is 41.5. The Labute approximate surface area is 245 Å². The monoisotopic (exact) mass is 604 g/mol. The molecule has 15 heteroatoms. The molecule has 5 rings (SSSR count). The van der Waals surface area contributed by atoms with Gasteiger partial charge in [0.05, 0.1) is 16.7 Å². The molecular formula is C28H25BN4O9S. The van der Waals surface area contributed by atoms with Crippen LogP contribution in [0.1, 0.15) is 22.5 Å². The summed E-state index contributed by atoms with van der Waals surface area (Å²) in [5.41, 5.74) is 1.82. The number of carbonyl (C=O) groups excluding carboxylic acids is 1. The minimum atomic E-state index is -4.23. The van der Waals surface area contributed by atoms with E-state index in [2.05, 4.69) is 20.1 Å². The van der Waals surface area contributed by atoms with E-state index >= 15 is 0 Å². The number of rotatable bonds is 12. The van der Waals surface area contributed by atoms with Crippen molar-refractivity contribution < 1.29 is 42.3 Å². The van der Waals surface area contributed by atoms with Gasteiger partial charge in [0.1, 0.15) is 23.6 Å². The van der Waals surface area contributed by atoms with Crippen LogP contribution in [-0.2, 0) is 16.4 Å². The fraction of sp³-hybridized carbons (Fsp3) is 0.143. The Hall–Kier alpha value is -4.99. The molecule has 0 spiro atoms. The molecule has 5 aromatic rings. The van der Waals surface area contributed by atoms with Crippen molar-refractivity contribution in [2.45, 2.75) is 22.9 Å². The van der Waals surface area contributed by atoms with Gasteiger partial charge in [-0.3, -0.25) is 9.42 Å². The predicted octanol–water partition coefficient (Wildman–Crippen LogP) is 1.15. The van der Waals surface area contributed by atoms with Crippen LogP contribution in [0, 0.1) is 5.21 Å². The Morgan fingerprint density at radius 2 is 1.74 bits per heavy atom. The zero-order valence-electron chi connectivity index (χ0n) is 22.5. The number of hydrogen-bond acceptors (Lipinski definition) is 11. The van der Waals surface area contributed by atoms with E-state index in [0.717, 1.165) is 10.9 Å². The van der Waals surface area contributed by atoms with E-state index in [9.17, 15) is 28.5 Å². The second-order valence-electron chi connectivity index (χ2n) is 9.24. The number of carbonyl (C=O) groups is 1. The molecule has 1 amide bonds. The quantitative estimate of drug-likeness (QED) is 0.105. The van der Waals surface area contributed by atoms with Gasteiger partial charge in [-0.05, 0) is 46.6 Å². The molecule has 2 aromatic heterocycles. The Kier molecular flexibility index (Phi) is 8.85. The molecule has 3 aromatic carbocycles. The number of para-hydroxylation sites is 1. The summed E-state index contributed by atoms with van der Waals surface area (Å²) in [5.74, 6) is -0.451. The van der Waals surface area contributed by atoms with E-state index in [1.807, 2.05) is 12.1 Å². The summed E-state index contributed by atoms with van der Waals surface area (Å²) >= 11 is 0. The Morgan fingerprint density at radius 3 is 2.49 bits per heavy atom. The SMILES string of the molecule is O=C(NCCCOc1no[n+]([O-])c1S(=O)(=O)c1ccccc1)c1ccc2cccc(OCc3ccc(B(O)O)cc3)c2n1. The van der Waals surface area contributed by atoms with E-state index in [4.69, 9.17) is 9.47 Å². The average Bonchev–Trinajstić information content (AvgIpc) is 3.40. The standard InChI is InChI=1S/C28H25BN4O9S/c34-26(30-16-5-17-40-27-28(33(37)42-32-27)43(38,39)22-7-2-1-3-8-22)23-15-12-20-6-4-9-24(25(20)31-23)41-18-19-10-13-21(14-11-19)29(35)36/h1-4,6-15,35-36H,5,16-18H2,(H,30,34). The molecule has 13 nitrogen and oxygen atoms in total. The van der Waals surface area contributed by atoms with Crippen molar-refractivity contribution in [1.29, 1.82) is 0 Å². The number of ether oxygens (including phenoxy) is 2. The van der Waals surface area contributed by atoms with Gasteiger partial charge >= 0.3 is 18.0 Å². The second kappa shape index (κ2) is 12.9. The molecule has 220 valence electrons. The number of amides is 1. The van der Waals surface area contributed by atoms with Crippen molar-refractivity contribution in [2.24, 2.45) is 0 Å². The van der Waals surface area contributed by atoms with Gasteiger partial charge in [0, 0.05) is 11.9 Å². The maximum Gasteiger partial charge on any atom is 0.488 e. The summed E-state index contributed by atoms with van der Waals surface area (Å²) in [6, 6.07) is 22.7. The molecule has 0 aliphatic heterocycles. The second-order valence-corrected chi connectivity index (χ2v) is 11.1.